The van der Waals surface area contributed by atoms with E-state index in [0.717, 1.165) is 29.5 Å². The van der Waals surface area contributed by atoms with Crippen molar-refractivity contribution < 1.29 is 13.2 Å². The number of carbonyl (C=O) groups excluding carboxylic acids is 1. The van der Waals surface area contributed by atoms with Gasteiger partial charge in [-0.2, -0.15) is 4.31 Å². The van der Waals surface area contributed by atoms with Crippen LogP contribution in [-0.4, -0.2) is 31.6 Å². The highest BCUT2D eigenvalue weighted by Crippen LogP contribution is 2.21. The summed E-state index contributed by atoms with van der Waals surface area (Å²) in [6.07, 6.45) is 5.14. The van der Waals surface area contributed by atoms with Crippen molar-refractivity contribution in [1.82, 2.24) is 4.31 Å². The Morgan fingerprint density at radius 2 is 1.65 bits per heavy atom. The SMILES string of the molecule is Cc1ccc(C)c(C=CC(=O)c2ccc(S(=O)(=O)N3CCCC3)cc2)c1. The Labute approximate surface area is 155 Å². The van der Waals surface area contributed by atoms with Gasteiger partial charge in [0, 0.05) is 18.7 Å². The molecule has 4 nitrogen and oxygen atoms in total. The summed E-state index contributed by atoms with van der Waals surface area (Å²) >= 11 is 0. The van der Waals surface area contributed by atoms with Crippen molar-refractivity contribution in [2.24, 2.45) is 0 Å². The van der Waals surface area contributed by atoms with Gasteiger partial charge in [0.25, 0.3) is 0 Å². The van der Waals surface area contributed by atoms with Crippen LogP contribution in [-0.2, 0) is 10.0 Å². The highest BCUT2D eigenvalue weighted by molar-refractivity contribution is 7.89. The fourth-order valence-corrected chi connectivity index (χ4v) is 4.59. The van der Waals surface area contributed by atoms with Gasteiger partial charge in [-0.05, 0) is 68.2 Å². The number of aryl methyl sites for hydroxylation is 2. The average molecular weight is 369 g/mol. The summed E-state index contributed by atoms with van der Waals surface area (Å²) in [7, 11) is -3.44. The molecule has 0 bridgehead atoms. The van der Waals surface area contributed by atoms with Crippen molar-refractivity contribution in [2.75, 3.05) is 13.1 Å². The molecule has 0 saturated carbocycles. The molecule has 2 aromatic rings. The Morgan fingerprint density at radius 1 is 1.00 bits per heavy atom. The third kappa shape index (κ3) is 3.94. The molecule has 0 atom stereocenters. The monoisotopic (exact) mass is 369 g/mol. The van der Waals surface area contributed by atoms with Gasteiger partial charge in [0.2, 0.25) is 10.0 Å². The molecule has 26 heavy (non-hydrogen) atoms. The van der Waals surface area contributed by atoms with E-state index in [1.807, 2.05) is 32.0 Å². The molecular weight excluding hydrogens is 346 g/mol. The van der Waals surface area contributed by atoms with Gasteiger partial charge in [-0.1, -0.05) is 29.8 Å². The van der Waals surface area contributed by atoms with Gasteiger partial charge in [-0.3, -0.25) is 4.79 Å². The Morgan fingerprint density at radius 3 is 2.31 bits per heavy atom. The Kier molecular flexibility index (Phi) is 5.39. The lowest BCUT2D eigenvalue weighted by Gasteiger charge is -2.15. The molecule has 0 radical (unpaired) electrons. The van der Waals surface area contributed by atoms with Gasteiger partial charge >= 0.3 is 0 Å². The largest absolute Gasteiger partial charge is 0.289 e. The number of hydrogen-bond donors (Lipinski definition) is 0. The van der Waals surface area contributed by atoms with Gasteiger partial charge in [0.1, 0.15) is 0 Å². The van der Waals surface area contributed by atoms with E-state index in [1.165, 1.54) is 22.5 Å². The number of nitrogens with zero attached hydrogens (tertiary/aromatic N) is 1. The number of hydrogen-bond acceptors (Lipinski definition) is 3. The first kappa shape index (κ1) is 18.5. The summed E-state index contributed by atoms with van der Waals surface area (Å²) in [5.74, 6) is -0.143. The normalized spacial score (nSPS) is 15.6. The highest BCUT2D eigenvalue weighted by atomic mass is 32.2. The quantitative estimate of drug-likeness (QED) is 0.592. The molecule has 1 fully saturated rings. The number of rotatable bonds is 5. The third-order valence-electron chi connectivity index (χ3n) is 4.69. The number of sulfonamides is 1. The zero-order valence-electron chi connectivity index (χ0n) is 15.1. The van der Waals surface area contributed by atoms with E-state index in [0.29, 0.717) is 18.7 Å². The smallest absolute Gasteiger partial charge is 0.243 e. The molecule has 136 valence electrons. The zero-order chi connectivity index (χ0) is 18.7. The Hall–Kier alpha value is -2.24. The fourth-order valence-electron chi connectivity index (χ4n) is 3.07. The molecule has 1 saturated heterocycles. The van der Waals surface area contributed by atoms with Crippen LogP contribution in [0.1, 0.15) is 39.9 Å². The van der Waals surface area contributed by atoms with Gasteiger partial charge < -0.3 is 0 Å². The van der Waals surface area contributed by atoms with E-state index in [-0.39, 0.29) is 10.7 Å². The van der Waals surface area contributed by atoms with E-state index in [9.17, 15) is 13.2 Å². The molecule has 3 rings (SSSR count). The van der Waals surface area contributed by atoms with Crippen molar-refractivity contribution in [3.8, 4) is 0 Å². The minimum Gasteiger partial charge on any atom is -0.289 e. The molecule has 0 aliphatic carbocycles. The van der Waals surface area contributed by atoms with E-state index in [4.69, 9.17) is 0 Å². The summed E-state index contributed by atoms with van der Waals surface area (Å²) in [4.78, 5) is 12.6. The summed E-state index contributed by atoms with van der Waals surface area (Å²) in [5, 5.41) is 0. The average Bonchev–Trinajstić information content (AvgIpc) is 3.18. The van der Waals surface area contributed by atoms with Gasteiger partial charge in [0.15, 0.2) is 5.78 Å². The third-order valence-corrected chi connectivity index (χ3v) is 6.60. The van der Waals surface area contributed by atoms with Crippen LogP contribution in [0.15, 0.2) is 53.4 Å². The first-order valence-corrected chi connectivity index (χ1v) is 10.2. The molecule has 0 unspecified atom stereocenters. The van der Waals surface area contributed by atoms with Crippen LogP contribution in [0.25, 0.3) is 6.08 Å². The van der Waals surface area contributed by atoms with Crippen molar-refractivity contribution in [3.05, 3.63) is 70.8 Å². The summed E-state index contributed by atoms with van der Waals surface area (Å²) in [5.41, 5.74) is 3.73. The predicted octanol–water partition coefficient (Wildman–Crippen LogP) is 3.98. The summed E-state index contributed by atoms with van der Waals surface area (Å²) in [6, 6.07) is 12.3. The van der Waals surface area contributed by atoms with Crippen LogP contribution in [0.3, 0.4) is 0 Å². The molecule has 1 aliphatic heterocycles. The molecular formula is C21H23NO3S. The van der Waals surface area contributed by atoms with Crippen LogP contribution >= 0.6 is 0 Å². The van der Waals surface area contributed by atoms with Crippen LogP contribution in [0, 0.1) is 13.8 Å². The number of ketones is 1. The lowest BCUT2D eigenvalue weighted by atomic mass is 10.0. The number of allylic oxidation sites excluding steroid dienone is 1. The second-order valence-corrected chi connectivity index (χ2v) is 8.63. The van der Waals surface area contributed by atoms with E-state index < -0.39 is 10.0 Å². The van der Waals surface area contributed by atoms with Gasteiger partial charge in [0.05, 0.1) is 4.90 Å². The zero-order valence-corrected chi connectivity index (χ0v) is 15.9. The van der Waals surface area contributed by atoms with Crippen LogP contribution in [0.2, 0.25) is 0 Å². The van der Waals surface area contributed by atoms with E-state index in [2.05, 4.69) is 0 Å². The van der Waals surface area contributed by atoms with E-state index >= 15 is 0 Å². The molecule has 1 aliphatic rings. The fraction of sp³-hybridized carbons (Fsp3) is 0.286. The van der Waals surface area contributed by atoms with Crippen molar-refractivity contribution in [1.29, 1.82) is 0 Å². The first-order chi connectivity index (χ1) is 12.4. The van der Waals surface area contributed by atoms with Gasteiger partial charge in [-0.25, -0.2) is 8.42 Å². The summed E-state index contributed by atoms with van der Waals surface area (Å²) < 4.78 is 26.5. The minimum absolute atomic E-state index is 0.143. The van der Waals surface area contributed by atoms with Crippen molar-refractivity contribution >= 4 is 21.9 Å². The van der Waals surface area contributed by atoms with E-state index in [1.54, 1.807) is 18.2 Å². The second-order valence-electron chi connectivity index (χ2n) is 6.69. The maximum atomic E-state index is 12.5. The van der Waals surface area contributed by atoms with Gasteiger partial charge in [-0.15, -0.1) is 0 Å². The Balaban J connectivity index is 1.77. The second kappa shape index (κ2) is 7.56. The van der Waals surface area contributed by atoms with Crippen LogP contribution in [0.4, 0.5) is 0 Å². The van der Waals surface area contributed by atoms with Crippen LogP contribution < -0.4 is 0 Å². The number of benzene rings is 2. The number of carbonyl (C=O) groups is 1. The molecule has 1 heterocycles. The maximum Gasteiger partial charge on any atom is 0.243 e. The highest BCUT2D eigenvalue weighted by Gasteiger charge is 2.26. The lowest BCUT2D eigenvalue weighted by Crippen LogP contribution is -2.27. The standard InChI is InChI=1S/C21H23NO3S/c1-16-5-6-17(2)19(15-16)9-12-21(23)18-7-10-20(11-8-18)26(24,25)22-13-3-4-14-22/h5-12,15H,3-4,13-14H2,1-2H3. The van der Waals surface area contributed by atoms with Crippen LogP contribution in [0.5, 0.6) is 0 Å². The predicted molar refractivity (Wildman–Crippen MR) is 104 cm³/mol. The van der Waals surface area contributed by atoms with Crippen molar-refractivity contribution in [3.63, 3.8) is 0 Å². The summed E-state index contributed by atoms with van der Waals surface area (Å²) in [6.45, 7) is 5.16. The Bertz CT molecular complexity index is 938. The first-order valence-electron chi connectivity index (χ1n) is 8.78. The molecule has 0 amide bonds. The molecule has 2 aromatic carbocycles. The van der Waals surface area contributed by atoms with Crippen molar-refractivity contribution in [2.45, 2.75) is 31.6 Å². The molecule has 0 N–H and O–H groups in total. The maximum absolute atomic E-state index is 12.5. The lowest BCUT2D eigenvalue weighted by molar-refractivity contribution is 0.104. The molecule has 0 spiro atoms. The molecule has 0 aromatic heterocycles. The molecule has 5 heteroatoms. The topological polar surface area (TPSA) is 54.5 Å². The minimum atomic E-state index is -3.44.